The van der Waals surface area contributed by atoms with Crippen molar-refractivity contribution in [2.45, 2.75) is 58.0 Å². The molecule has 16 heavy (non-hydrogen) atoms. The Morgan fingerprint density at radius 2 is 2.00 bits per heavy atom. The molecule has 1 saturated carbocycles. The van der Waals surface area contributed by atoms with Crippen LogP contribution in [0.2, 0.25) is 0 Å². The molecule has 0 aromatic heterocycles. The van der Waals surface area contributed by atoms with Gasteiger partial charge in [0.2, 0.25) is 5.91 Å². The second-order valence-electron chi connectivity index (χ2n) is 5.77. The minimum Gasteiger partial charge on any atom is -0.338 e. The first-order valence-corrected chi connectivity index (χ1v) is 6.64. The largest absolute Gasteiger partial charge is 0.338 e. The molecule has 3 unspecified atom stereocenters. The summed E-state index contributed by atoms with van der Waals surface area (Å²) in [4.78, 5) is 14.0. The second-order valence-corrected chi connectivity index (χ2v) is 5.77. The van der Waals surface area contributed by atoms with Gasteiger partial charge in [-0.3, -0.25) is 4.79 Å². The van der Waals surface area contributed by atoms with Crippen LogP contribution in [0.5, 0.6) is 0 Å². The average Bonchev–Trinajstić information content (AvgIpc) is 2.57. The standard InChI is InChI=1S/C13H24N2O/c1-9(2)11-5-3-4-6-12(11)15-8-10(14)7-13(15)16/h9-12H,3-8,14H2,1-2H3. The van der Waals surface area contributed by atoms with Gasteiger partial charge in [-0.2, -0.15) is 0 Å². The predicted molar refractivity (Wildman–Crippen MR) is 64.9 cm³/mol. The molecule has 92 valence electrons. The van der Waals surface area contributed by atoms with Crippen molar-refractivity contribution < 1.29 is 4.79 Å². The fourth-order valence-electron chi connectivity index (χ4n) is 3.39. The zero-order chi connectivity index (χ0) is 11.7. The first-order valence-electron chi connectivity index (χ1n) is 6.64. The molecule has 2 rings (SSSR count). The third kappa shape index (κ3) is 2.24. The van der Waals surface area contributed by atoms with Crippen LogP contribution in [-0.2, 0) is 4.79 Å². The molecule has 2 N–H and O–H groups in total. The zero-order valence-corrected chi connectivity index (χ0v) is 10.5. The third-order valence-corrected chi connectivity index (χ3v) is 4.23. The molecular formula is C13H24N2O. The van der Waals surface area contributed by atoms with Crippen LogP contribution in [-0.4, -0.2) is 29.4 Å². The molecule has 1 amide bonds. The predicted octanol–water partition coefficient (Wildman–Crippen LogP) is 1.76. The monoisotopic (exact) mass is 224 g/mol. The quantitative estimate of drug-likeness (QED) is 0.777. The lowest BCUT2D eigenvalue weighted by Gasteiger charge is -2.40. The summed E-state index contributed by atoms with van der Waals surface area (Å²) in [7, 11) is 0. The van der Waals surface area contributed by atoms with E-state index in [1.54, 1.807) is 0 Å². The van der Waals surface area contributed by atoms with Gasteiger partial charge in [-0.15, -0.1) is 0 Å². The number of likely N-dealkylation sites (tertiary alicyclic amines) is 1. The van der Waals surface area contributed by atoms with Gasteiger partial charge >= 0.3 is 0 Å². The Bertz CT molecular complexity index is 265. The molecular weight excluding hydrogens is 200 g/mol. The van der Waals surface area contributed by atoms with Crippen LogP contribution in [0, 0.1) is 11.8 Å². The molecule has 0 bridgehead atoms. The van der Waals surface area contributed by atoms with Crippen molar-refractivity contribution >= 4 is 5.91 Å². The lowest BCUT2D eigenvalue weighted by Crippen LogP contribution is -2.45. The Labute approximate surface area is 98.4 Å². The Morgan fingerprint density at radius 3 is 2.56 bits per heavy atom. The number of carbonyl (C=O) groups is 1. The third-order valence-electron chi connectivity index (χ3n) is 4.23. The maximum atomic E-state index is 11.9. The van der Waals surface area contributed by atoms with E-state index in [4.69, 9.17) is 5.73 Å². The highest BCUT2D eigenvalue weighted by Gasteiger charge is 2.38. The molecule has 1 heterocycles. The number of amides is 1. The van der Waals surface area contributed by atoms with Gasteiger partial charge in [-0.05, 0) is 24.7 Å². The number of hydrogen-bond donors (Lipinski definition) is 1. The Hall–Kier alpha value is -0.570. The zero-order valence-electron chi connectivity index (χ0n) is 10.5. The van der Waals surface area contributed by atoms with E-state index >= 15 is 0 Å². The van der Waals surface area contributed by atoms with E-state index in [2.05, 4.69) is 18.7 Å². The Morgan fingerprint density at radius 1 is 1.31 bits per heavy atom. The second kappa shape index (κ2) is 4.74. The molecule has 0 aromatic rings. The summed E-state index contributed by atoms with van der Waals surface area (Å²) in [5, 5.41) is 0. The minimum absolute atomic E-state index is 0.0715. The number of nitrogens with zero attached hydrogens (tertiary/aromatic N) is 1. The fourth-order valence-corrected chi connectivity index (χ4v) is 3.39. The van der Waals surface area contributed by atoms with E-state index in [0.717, 1.165) is 6.54 Å². The summed E-state index contributed by atoms with van der Waals surface area (Å²) in [5.41, 5.74) is 5.88. The molecule has 0 aromatic carbocycles. The maximum absolute atomic E-state index is 11.9. The van der Waals surface area contributed by atoms with Crippen molar-refractivity contribution in [3.63, 3.8) is 0 Å². The molecule has 3 nitrogen and oxygen atoms in total. The van der Waals surface area contributed by atoms with E-state index in [9.17, 15) is 4.79 Å². The van der Waals surface area contributed by atoms with Gasteiger partial charge in [0.25, 0.3) is 0 Å². The molecule has 3 heteroatoms. The molecule has 2 aliphatic rings. The summed E-state index contributed by atoms with van der Waals surface area (Å²) in [6.07, 6.45) is 5.62. The molecule has 0 radical (unpaired) electrons. The normalized spacial score (nSPS) is 36.1. The van der Waals surface area contributed by atoms with Crippen LogP contribution in [0.3, 0.4) is 0 Å². The van der Waals surface area contributed by atoms with Gasteiger partial charge < -0.3 is 10.6 Å². The molecule has 2 fully saturated rings. The van der Waals surface area contributed by atoms with Crippen molar-refractivity contribution in [1.29, 1.82) is 0 Å². The van der Waals surface area contributed by atoms with Crippen LogP contribution in [0.15, 0.2) is 0 Å². The lowest BCUT2D eigenvalue weighted by atomic mass is 9.77. The van der Waals surface area contributed by atoms with Crippen molar-refractivity contribution in [3.05, 3.63) is 0 Å². The van der Waals surface area contributed by atoms with Gasteiger partial charge in [-0.25, -0.2) is 0 Å². The van der Waals surface area contributed by atoms with E-state index in [1.165, 1.54) is 25.7 Å². The van der Waals surface area contributed by atoms with Crippen LogP contribution >= 0.6 is 0 Å². The Kier molecular flexibility index (Phi) is 3.53. The highest BCUT2D eigenvalue weighted by molar-refractivity contribution is 5.79. The Balaban J connectivity index is 2.08. The van der Waals surface area contributed by atoms with E-state index in [1.807, 2.05) is 0 Å². The van der Waals surface area contributed by atoms with Gasteiger partial charge in [0.15, 0.2) is 0 Å². The van der Waals surface area contributed by atoms with Gasteiger partial charge in [0.05, 0.1) is 0 Å². The number of nitrogens with two attached hydrogens (primary N) is 1. The van der Waals surface area contributed by atoms with Crippen LogP contribution < -0.4 is 5.73 Å². The van der Waals surface area contributed by atoms with Gasteiger partial charge in [0.1, 0.15) is 0 Å². The minimum atomic E-state index is 0.0715. The molecule has 0 spiro atoms. The molecule has 3 atom stereocenters. The fraction of sp³-hybridized carbons (Fsp3) is 0.923. The molecule has 1 saturated heterocycles. The van der Waals surface area contributed by atoms with Crippen LogP contribution in [0.25, 0.3) is 0 Å². The smallest absolute Gasteiger partial charge is 0.224 e. The first kappa shape index (κ1) is 11.9. The SMILES string of the molecule is CC(C)C1CCCCC1N1CC(N)CC1=O. The summed E-state index contributed by atoms with van der Waals surface area (Å²) in [6.45, 7) is 5.35. The highest BCUT2D eigenvalue weighted by Crippen LogP contribution is 2.35. The van der Waals surface area contributed by atoms with Crippen molar-refractivity contribution in [2.75, 3.05) is 6.54 Å². The highest BCUT2D eigenvalue weighted by atomic mass is 16.2. The summed E-state index contributed by atoms with van der Waals surface area (Å²) >= 11 is 0. The average molecular weight is 224 g/mol. The van der Waals surface area contributed by atoms with E-state index in [-0.39, 0.29) is 11.9 Å². The van der Waals surface area contributed by atoms with Crippen molar-refractivity contribution in [3.8, 4) is 0 Å². The van der Waals surface area contributed by atoms with Gasteiger partial charge in [0, 0.05) is 25.0 Å². The lowest BCUT2D eigenvalue weighted by molar-refractivity contribution is -0.131. The van der Waals surface area contributed by atoms with Gasteiger partial charge in [-0.1, -0.05) is 26.7 Å². The van der Waals surface area contributed by atoms with Crippen LogP contribution in [0.4, 0.5) is 0 Å². The van der Waals surface area contributed by atoms with Crippen molar-refractivity contribution in [1.82, 2.24) is 4.90 Å². The maximum Gasteiger partial charge on any atom is 0.224 e. The summed E-state index contributed by atoms with van der Waals surface area (Å²) in [5.74, 6) is 1.64. The first-order chi connectivity index (χ1) is 7.59. The van der Waals surface area contributed by atoms with Crippen molar-refractivity contribution in [2.24, 2.45) is 17.6 Å². The number of rotatable bonds is 2. The number of carbonyl (C=O) groups excluding carboxylic acids is 1. The summed E-state index contributed by atoms with van der Waals surface area (Å²) in [6, 6.07) is 0.539. The van der Waals surface area contributed by atoms with Crippen LogP contribution in [0.1, 0.15) is 46.0 Å². The summed E-state index contributed by atoms with van der Waals surface area (Å²) < 4.78 is 0. The van der Waals surface area contributed by atoms with E-state index in [0.29, 0.717) is 24.3 Å². The molecule has 1 aliphatic heterocycles. The topological polar surface area (TPSA) is 46.3 Å². The number of hydrogen-bond acceptors (Lipinski definition) is 2. The molecule has 1 aliphatic carbocycles. The van der Waals surface area contributed by atoms with E-state index < -0.39 is 0 Å².